The maximum atomic E-state index is 14.2. The molecular weight excluding hydrogens is 355 g/mol. The number of rotatable bonds is 3. The monoisotopic (exact) mass is 374 g/mol. The molecule has 1 fully saturated rings. The normalized spacial score (nSPS) is 16.2. The molecule has 1 aromatic carbocycles. The maximum absolute atomic E-state index is 14.2. The predicted molar refractivity (Wildman–Crippen MR) is 95.9 cm³/mol. The van der Waals surface area contributed by atoms with Gasteiger partial charge in [0, 0.05) is 18.4 Å². The molecule has 26 heavy (non-hydrogen) atoms. The zero-order chi connectivity index (χ0) is 18.3. The standard InChI is InChI=1S/C18H19FN4O2S/c19-13-8-4-5-9-14(13)26(24,25)16-15-18(22-11-10-21-15)23(17(16)20)12-6-2-1-3-7-12/h4-5,8-12H,1-3,6-7,20H2. The summed E-state index contributed by atoms with van der Waals surface area (Å²) >= 11 is 0. The van der Waals surface area contributed by atoms with Crippen molar-refractivity contribution in [3.05, 3.63) is 42.5 Å². The number of benzene rings is 1. The van der Waals surface area contributed by atoms with Crippen LogP contribution in [0.15, 0.2) is 46.5 Å². The molecule has 1 aliphatic rings. The Labute approximate surface area is 150 Å². The van der Waals surface area contributed by atoms with Gasteiger partial charge in [0.15, 0.2) is 5.65 Å². The molecule has 2 N–H and O–H groups in total. The van der Waals surface area contributed by atoms with E-state index in [1.165, 1.54) is 30.6 Å². The van der Waals surface area contributed by atoms with Crippen LogP contribution in [0.1, 0.15) is 38.1 Å². The number of anilines is 1. The molecule has 1 aliphatic carbocycles. The van der Waals surface area contributed by atoms with Crippen molar-refractivity contribution in [1.29, 1.82) is 0 Å². The molecule has 1 saturated carbocycles. The number of nitrogens with zero attached hydrogens (tertiary/aromatic N) is 3. The minimum absolute atomic E-state index is 0.0764. The second kappa shape index (κ2) is 6.35. The molecule has 4 rings (SSSR count). The maximum Gasteiger partial charge on any atom is 0.215 e. The number of sulfone groups is 1. The van der Waals surface area contributed by atoms with Gasteiger partial charge in [0.1, 0.15) is 26.9 Å². The van der Waals surface area contributed by atoms with Crippen molar-refractivity contribution in [2.45, 2.75) is 47.9 Å². The molecule has 0 saturated heterocycles. The first kappa shape index (κ1) is 17.0. The molecule has 0 atom stereocenters. The van der Waals surface area contributed by atoms with Crippen LogP contribution in [0.5, 0.6) is 0 Å². The van der Waals surface area contributed by atoms with Crippen LogP contribution in [-0.2, 0) is 9.84 Å². The topological polar surface area (TPSA) is 90.9 Å². The molecule has 0 radical (unpaired) electrons. The highest BCUT2D eigenvalue weighted by Gasteiger charge is 2.33. The fourth-order valence-electron chi connectivity index (χ4n) is 3.76. The van der Waals surface area contributed by atoms with Gasteiger partial charge in [0.25, 0.3) is 0 Å². The molecule has 6 nitrogen and oxygen atoms in total. The minimum atomic E-state index is -4.17. The van der Waals surface area contributed by atoms with Crippen LogP contribution in [0.3, 0.4) is 0 Å². The van der Waals surface area contributed by atoms with E-state index >= 15 is 0 Å². The van der Waals surface area contributed by atoms with Crippen molar-refractivity contribution in [1.82, 2.24) is 14.5 Å². The zero-order valence-electron chi connectivity index (χ0n) is 14.1. The number of aromatic nitrogens is 3. The van der Waals surface area contributed by atoms with Gasteiger partial charge < -0.3 is 10.3 Å². The molecule has 0 unspecified atom stereocenters. The molecule has 3 aromatic rings. The summed E-state index contributed by atoms with van der Waals surface area (Å²) in [6.07, 6.45) is 8.02. The van der Waals surface area contributed by atoms with E-state index in [-0.39, 0.29) is 22.3 Å². The van der Waals surface area contributed by atoms with Crippen LogP contribution in [0, 0.1) is 5.82 Å². The fraction of sp³-hybridized carbons (Fsp3) is 0.333. The smallest absolute Gasteiger partial charge is 0.215 e. The Bertz CT molecular complexity index is 1070. The highest BCUT2D eigenvalue weighted by Crippen LogP contribution is 2.40. The van der Waals surface area contributed by atoms with Crippen molar-refractivity contribution >= 4 is 26.8 Å². The van der Waals surface area contributed by atoms with E-state index in [2.05, 4.69) is 9.97 Å². The van der Waals surface area contributed by atoms with E-state index in [1.54, 1.807) is 4.57 Å². The summed E-state index contributed by atoms with van der Waals surface area (Å²) in [5.74, 6) is -0.726. The van der Waals surface area contributed by atoms with E-state index in [9.17, 15) is 12.8 Å². The van der Waals surface area contributed by atoms with Crippen molar-refractivity contribution in [3.8, 4) is 0 Å². The summed E-state index contributed by atoms with van der Waals surface area (Å²) in [6, 6.07) is 5.37. The number of hydrogen-bond acceptors (Lipinski definition) is 5. The third-order valence-corrected chi connectivity index (χ3v) is 6.80. The third kappa shape index (κ3) is 2.56. The molecule has 8 heteroatoms. The lowest BCUT2D eigenvalue weighted by molar-refractivity contribution is 0.362. The van der Waals surface area contributed by atoms with Crippen LogP contribution in [0.4, 0.5) is 10.2 Å². The first-order valence-electron chi connectivity index (χ1n) is 8.62. The van der Waals surface area contributed by atoms with Gasteiger partial charge in [0.05, 0.1) is 0 Å². The molecular formula is C18H19FN4O2S. The second-order valence-corrected chi connectivity index (χ2v) is 8.39. The van der Waals surface area contributed by atoms with Gasteiger partial charge in [-0.2, -0.15) is 0 Å². The Balaban J connectivity index is 1.99. The van der Waals surface area contributed by atoms with Crippen LogP contribution in [-0.4, -0.2) is 23.0 Å². The fourth-order valence-corrected chi connectivity index (χ4v) is 5.33. The average molecular weight is 374 g/mol. The summed E-state index contributed by atoms with van der Waals surface area (Å²) in [5.41, 5.74) is 6.93. The summed E-state index contributed by atoms with van der Waals surface area (Å²) in [7, 11) is -4.17. The van der Waals surface area contributed by atoms with E-state index in [1.807, 2.05) is 0 Å². The number of fused-ring (bicyclic) bond motifs is 1. The summed E-state index contributed by atoms with van der Waals surface area (Å²) < 4.78 is 42.3. The molecule has 2 aromatic heterocycles. The highest BCUT2D eigenvalue weighted by atomic mass is 32.2. The lowest BCUT2D eigenvalue weighted by Gasteiger charge is -2.24. The van der Waals surface area contributed by atoms with Gasteiger partial charge >= 0.3 is 0 Å². The van der Waals surface area contributed by atoms with E-state index in [0.29, 0.717) is 5.65 Å². The van der Waals surface area contributed by atoms with Gasteiger partial charge in [-0.1, -0.05) is 31.4 Å². The Kier molecular flexibility index (Phi) is 4.14. The first-order valence-corrected chi connectivity index (χ1v) is 10.1. The van der Waals surface area contributed by atoms with Crippen molar-refractivity contribution in [3.63, 3.8) is 0 Å². The Morgan fingerprint density at radius 2 is 1.77 bits per heavy atom. The van der Waals surface area contributed by atoms with Crippen molar-refractivity contribution < 1.29 is 12.8 Å². The summed E-state index contributed by atoms with van der Waals surface area (Å²) in [6.45, 7) is 0. The largest absolute Gasteiger partial charge is 0.384 e. The molecule has 2 heterocycles. The third-order valence-electron chi connectivity index (χ3n) is 4.95. The van der Waals surface area contributed by atoms with Crippen LogP contribution in [0.25, 0.3) is 11.2 Å². The molecule has 0 spiro atoms. The summed E-state index contributed by atoms with van der Waals surface area (Å²) in [5, 5.41) is 0. The van der Waals surface area contributed by atoms with Crippen molar-refractivity contribution in [2.24, 2.45) is 0 Å². The second-order valence-electron chi connectivity index (χ2n) is 6.54. The van der Waals surface area contributed by atoms with Crippen LogP contribution in [0.2, 0.25) is 0 Å². The lowest BCUT2D eigenvalue weighted by Crippen LogP contribution is -2.16. The summed E-state index contributed by atoms with van der Waals surface area (Å²) in [4.78, 5) is 7.98. The number of nitrogen functional groups attached to an aromatic ring is 1. The van der Waals surface area contributed by atoms with E-state index in [4.69, 9.17) is 5.73 Å². The molecule has 0 aliphatic heterocycles. The Morgan fingerprint density at radius 3 is 2.50 bits per heavy atom. The SMILES string of the molecule is Nc1c(S(=O)(=O)c2ccccc2F)c2nccnc2n1C1CCCCC1. The lowest BCUT2D eigenvalue weighted by atomic mass is 9.95. The first-order chi connectivity index (χ1) is 12.5. The quantitative estimate of drug-likeness (QED) is 0.758. The Morgan fingerprint density at radius 1 is 1.08 bits per heavy atom. The predicted octanol–water partition coefficient (Wildman–Crippen LogP) is 3.49. The molecule has 0 amide bonds. The van der Waals surface area contributed by atoms with Crippen LogP contribution < -0.4 is 5.73 Å². The van der Waals surface area contributed by atoms with Gasteiger partial charge in [0.2, 0.25) is 9.84 Å². The number of nitrogens with two attached hydrogens (primary N) is 1. The van der Waals surface area contributed by atoms with Gasteiger partial charge in [-0.15, -0.1) is 0 Å². The number of halogens is 1. The van der Waals surface area contributed by atoms with E-state index in [0.717, 1.165) is 38.2 Å². The van der Waals surface area contributed by atoms with Gasteiger partial charge in [-0.05, 0) is 25.0 Å². The molecule has 136 valence electrons. The van der Waals surface area contributed by atoms with Crippen molar-refractivity contribution in [2.75, 3.05) is 5.73 Å². The molecule has 0 bridgehead atoms. The Hall–Kier alpha value is -2.48. The van der Waals surface area contributed by atoms with Crippen LogP contribution >= 0.6 is 0 Å². The zero-order valence-corrected chi connectivity index (χ0v) is 14.9. The minimum Gasteiger partial charge on any atom is -0.384 e. The number of hydrogen-bond donors (Lipinski definition) is 1. The average Bonchev–Trinajstić information content (AvgIpc) is 2.95. The van der Waals surface area contributed by atoms with Gasteiger partial charge in [-0.25, -0.2) is 22.8 Å². The highest BCUT2D eigenvalue weighted by molar-refractivity contribution is 7.92. The van der Waals surface area contributed by atoms with Gasteiger partial charge in [-0.3, -0.25) is 0 Å². The van der Waals surface area contributed by atoms with E-state index < -0.39 is 20.5 Å².